The van der Waals surface area contributed by atoms with Crippen molar-refractivity contribution >= 4 is 12.0 Å². The molecule has 1 spiro atoms. The van der Waals surface area contributed by atoms with Crippen molar-refractivity contribution in [2.24, 2.45) is 7.05 Å². The Hall–Kier alpha value is -2.05. The zero-order valence-electron chi connectivity index (χ0n) is 14.7. The van der Waals surface area contributed by atoms with Gasteiger partial charge < -0.3 is 14.5 Å². The summed E-state index contributed by atoms with van der Waals surface area (Å²) in [6.07, 6.45) is 6.54. The number of rotatable bonds is 4. The number of carbonyl (C=O) groups excluding carboxylic acids is 2. The third-order valence-electron chi connectivity index (χ3n) is 5.15. The largest absolute Gasteiger partial charge is 0.441 e. The van der Waals surface area contributed by atoms with Crippen LogP contribution < -0.4 is 0 Å². The van der Waals surface area contributed by atoms with E-state index >= 15 is 0 Å². The fraction of sp³-hybridized carbons (Fsp3) is 0.706. The molecule has 3 rings (SSSR count). The zero-order chi connectivity index (χ0) is 17.3. The third-order valence-corrected chi connectivity index (χ3v) is 5.15. The Kier molecular flexibility index (Phi) is 4.51. The van der Waals surface area contributed by atoms with Crippen molar-refractivity contribution in [3.05, 3.63) is 18.0 Å². The summed E-state index contributed by atoms with van der Waals surface area (Å²) in [4.78, 5) is 28.4. The second kappa shape index (κ2) is 6.45. The Balaban J connectivity index is 1.60. The van der Waals surface area contributed by atoms with Gasteiger partial charge in [-0.15, -0.1) is 0 Å². The summed E-state index contributed by atoms with van der Waals surface area (Å²) in [5.41, 5.74) is 0.181. The van der Waals surface area contributed by atoms with Crippen molar-refractivity contribution in [3.8, 4) is 0 Å². The third kappa shape index (κ3) is 3.12. The molecule has 1 unspecified atom stereocenters. The van der Waals surface area contributed by atoms with Crippen LogP contribution in [0.4, 0.5) is 4.79 Å². The van der Waals surface area contributed by atoms with Gasteiger partial charge in [-0.3, -0.25) is 9.48 Å². The van der Waals surface area contributed by atoms with Crippen LogP contribution in [0.25, 0.3) is 0 Å². The minimum atomic E-state index is -0.426. The Labute approximate surface area is 142 Å². The van der Waals surface area contributed by atoms with Crippen LogP contribution in [0.3, 0.4) is 0 Å². The molecule has 2 saturated heterocycles. The van der Waals surface area contributed by atoms with Crippen molar-refractivity contribution in [2.45, 2.75) is 51.2 Å². The minimum Gasteiger partial charge on any atom is -0.441 e. The zero-order valence-corrected chi connectivity index (χ0v) is 14.7. The van der Waals surface area contributed by atoms with Crippen LogP contribution in [-0.4, -0.2) is 62.9 Å². The van der Waals surface area contributed by atoms with Crippen LogP contribution >= 0.6 is 0 Å². The van der Waals surface area contributed by atoms with Gasteiger partial charge in [-0.1, -0.05) is 13.3 Å². The molecule has 2 fully saturated rings. The lowest BCUT2D eigenvalue weighted by Gasteiger charge is -2.37. The summed E-state index contributed by atoms with van der Waals surface area (Å²) in [5.74, 6) is -0.00141. The molecule has 1 atom stereocenters. The highest BCUT2D eigenvalue weighted by Crippen LogP contribution is 2.35. The van der Waals surface area contributed by atoms with Gasteiger partial charge in [0.05, 0.1) is 18.3 Å². The number of likely N-dealkylation sites (tertiary alicyclic amines) is 1. The smallest absolute Gasteiger partial charge is 0.410 e. The summed E-state index contributed by atoms with van der Waals surface area (Å²) >= 11 is 0. The fourth-order valence-corrected chi connectivity index (χ4v) is 3.65. The summed E-state index contributed by atoms with van der Waals surface area (Å²) in [5, 5.41) is 4.05. The molecule has 3 heterocycles. The van der Waals surface area contributed by atoms with Gasteiger partial charge in [0, 0.05) is 45.2 Å². The molecule has 7 nitrogen and oxygen atoms in total. The monoisotopic (exact) mass is 334 g/mol. The van der Waals surface area contributed by atoms with E-state index in [0.717, 1.165) is 12.8 Å². The number of aromatic nitrogens is 2. The Morgan fingerprint density at radius 1 is 1.42 bits per heavy atom. The molecule has 132 valence electrons. The number of nitrogens with zero attached hydrogens (tertiary/aromatic N) is 4. The molecule has 2 aliphatic heterocycles. The number of hydrogen-bond donors (Lipinski definition) is 0. The number of hydrogen-bond acceptors (Lipinski definition) is 4. The van der Waals surface area contributed by atoms with Crippen LogP contribution in [0.15, 0.2) is 12.4 Å². The Bertz CT molecular complexity index is 619. The van der Waals surface area contributed by atoms with Gasteiger partial charge in [-0.25, -0.2) is 4.79 Å². The summed E-state index contributed by atoms with van der Waals surface area (Å²) < 4.78 is 7.37. The Morgan fingerprint density at radius 2 is 2.12 bits per heavy atom. The molecule has 0 bridgehead atoms. The molecule has 1 aromatic rings. The maximum Gasteiger partial charge on any atom is 0.410 e. The molecular weight excluding hydrogens is 308 g/mol. The first-order chi connectivity index (χ1) is 11.4. The topological polar surface area (TPSA) is 67.7 Å². The second-order valence-corrected chi connectivity index (χ2v) is 7.01. The lowest BCUT2D eigenvalue weighted by Crippen LogP contribution is -2.49. The maximum atomic E-state index is 12.5. The average molecular weight is 334 g/mol. The van der Waals surface area contributed by atoms with E-state index in [1.54, 1.807) is 24.1 Å². The summed E-state index contributed by atoms with van der Waals surface area (Å²) in [6, 6.07) is 0.205. The quantitative estimate of drug-likeness (QED) is 0.845. The van der Waals surface area contributed by atoms with Gasteiger partial charge in [-0.05, 0) is 13.3 Å². The highest BCUT2D eigenvalue weighted by atomic mass is 16.6. The standard InChI is InChI=1S/C17H26N4O3/c1-4-5-13(2)21-12-17(24-16(21)23)6-8-20(9-7-17)15(22)14-10-18-19(3)11-14/h10-11,13H,4-9,12H2,1-3H3. The van der Waals surface area contributed by atoms with Crippen molar-refractivity contribution < 1.29 is 14.3 Å². The maximum absolute atomic E-state index is 12.5. The molecule has 24 heavy (non-hydrogen) atoms. The van der Waals surface area contributed by atoms with Gasteiger partial charge in [0.15, 0.2) is 0 Å². The molecule has 7 heteroatoms. The number of piperidine rings is 1. The van der Waals surface area contributed by atoms with Gasteiger partial charge in [-0.2, -0.15) is 5.10 Å². The molecule has 0 aliphatic carbocycles. The molecule has 0 saturated carbocycles. The van der Waals surface area contributed by atoms with Crippen LogP contribution in [0.1, 0.15) is 49.9 Å². The van der Waals surface area contributed by atoms with E-state index in [9.17, 15) is 9.59 Å². The van der Waals surface area contributed by atoms with Crippen LogP contribution in [0.5, 0.6) is 0 Å². The summed E-state index contributed by atoms with van der Waals surface area (Å²) in [6.45, 7) is 6.05. The van der Waals surface area contributed by atoms with Crippen LogP contribution in [-0.2, 0) is 11.8 Å². The van der Waals surface area contributed by atoms with E-state index in [4.69, 9.17) is 4.74 Å². The van der Waals surface area contributed by atoms with Crippen molar-refractivity contribution in [3.63, 3.8) is 0 Å². The molecule has 0 aromatic carbocycles. The van der Waals surface area contributed by atoms with E-state index in [2.05, 4.69) is 18.9 Å². The first-order valence-corrected chi connectivity index (χ1v) is 8.71. The van der Waals surface area contributed by atoms with E-state index < -0.39 is 5.60 Å². The van der Waals surface area contributed by atoms with E-state index in [1.807, 2.05) is 9.80 Å². The van der Waals surface area contributed by atoms with Gasteiger partial charge >= 0.3 is 6.09 Å². The lowest BCUT2D eigenvalue weighted by atomic mass is 9.90. The van der Waals surface area contributed by atoms with E-state index in [-0.39, 0.29) is 18.0 Å². The number of amides is 2. The number of carbonyl (C=O) groups is 2. The van der Waals surface area contributed by atoms with Crippen molar-refractivity contribution in [2.75, 3.05) is 19.6 Å². The van der Waals surface area contributed by atoms with E-state index in [0.29, 0.717) is 38.0 Å². The first kappa shape index (κ1) is 16.8. The predicted molar refractivity (Wildman–Crippen MR) is 88.6 cm³/mol. The molecule has 0 radical (unpaired) electrons. The van der Waals surface area contributed by atoms with Gasteiger partial charge in [0.25, 0.3) is 5.91 Å². The van der Waals surface area contributed by atoms with Crippen molar-refractivity contribution in [1.82, 2.24) is 19.6 Å². The SMILES string of the molecule is CCCC(C)N1CC2(CCN(C(=O)c3cnn(C)c3)CC2)OC1=O. The molecule has 2 aliphatic rings. The van der Waals surface area contributed by atoms with Crippen LogP contribution in [0, 0.1) is 0 Å². The molecule has 0 N–H and O–H groups in total. The van der Waals surface area contributed by atoms with Gasteiger partial charge in [0.1, 0.15) is 5.60 Å². The first-order valence-electron chi connectivity index (χ1n) is 8.71. The molecular formula is C17H26N4O3. The summed E-state index contributed by atoms with van der Waals surface area (Å²) in [7, 11) is 1.80. The van der Waals surface area contributed by atoms with Crippen molar-refractivity contribution in [1.29, 1.82) is 0 Å². The average Bonchev–Trinajstić information content (AvgIpc) is 3.12. The Morgan fingerprint density at radius 3 is 2.71 bits per heavy atom. The lowest BCUT2D eigenvalue weighted by molar-refractivity contribution is 0.00306. The number of ether oxygens (including phenoxy) is 1. The normalized spacial score (nSPS) is 21.2. The molecule has 2 amide bonds. The highest BCUT2D eigenvalue weighted by Gasteiger charge is 2.48. The highest BCUT2D eigenvalue weighted by molar-refractivity contribution is 5.93. The molecule has 1 aromatic heterocycles. The van der Waals surface area contributed by atoms with E-state index in [1.165, 1.54) is 0 Å². The van der Waals surface area contributed by atoms with Crippen LogP contribution in [0.2, 0.25) is 0 Å². The second-order valence-electron chi connectivity index (χ2n) is 7.01. The fourth-order valence-electron chi connectivity index (χ4n) is 3.65. The minimum absolute atomic E-state index is 0.00141. The predicted octanol–water partition coefficient (Wildman–Crippen LogP) is 2.04. The van der Waals surface area contributed by atoms with Gasteiger partial charge in [0.2, 0.25) is 0 Å². The number of aryl methyl sites for hydroxylation is 1.